The van der Waals surface area contributed by atoms with Gasteiger partial charge in [0.15, 0.2) is 21.5 Å². The zero-order valence-electron chi connectivity index (χ0n) is 16.8. The Bertz CT molecular complexity index is 1270. The SMILES string of the molecule is CS(=O)(=O)c1cccc(-c2ccc3c(n2)N(C(=O)Nc2cnccn2)[C@H]2CCN3C2)c1. The number of anilines is 3. The summed E-state index contributed by atoms with van der Waals surface area (Å²) in [5.41, 5.74) is 2.16. The molecule has 0 saturated carbocycles. The van der Waals surface area contributed by atoms with Crippen LogP contribution in [0.15, 0.2) is 59.9 Å². The minimum atomic E-state index is -3.34. The van der Waals surface area contributed by atoms with Crippen LogP contribution in [0.2, 0.25) is 0 Å². The first-order chi connectivity index (χ1) is 14.9. The van der Waals surface area contributed by atoms with E-state index in [1.165, 1.54) is 18.6 Å². The van der Waals surface area contributed by atoms with Crippen molar-refractivity contribution in [3.8, 4) is 11.3 Å². The second-order valence-corrected chi connectivity index (χ2v) is 9.63. The number of hydrogen-bond donors (Lipinski definition) is 1. The van der Waals surface area contributed by atoms with E-state index < -0.39 is 9.84 Å². The Morgan fingerprint density at radius 2 is 2.06 bits per heavy atom. The topological polar surface area (TPSA) is 108 Å². The fraction of sp³-hybridized carbons (Fsp3) is 0.238. The van der Waals surface area contributed by atoms with Gasteiger partial charge in [-0.15, -0.1) is 0 Å². The number of rotatable bonds is 3. The average Bonchev–Trinajstić information content (AvgIpc) is 3.18. The molecule has 3 aromatic rings. The van der Waals surface area contributed by atoms with Crippen LogP contribution in [-0.4, -0.2) is 54.8 Å². The summed E-state index contributed by atoms with van der Waals surface area (Å²) in [5.74, 6) is 0.920. The molecule has 10 heteroatoms. The summed E-state index contributed by atoms with van der Waals surface area (Å²) in [5, 5.41) is 2.80. The van der Waals surface area contributed by atoms with Gasteiger partial charge in [-0.25, -0.2) is 23.2 Å². The number of fused-ring (bicyclic) bond motifs is 4. The molecule has 158 valence electrons. The van der Waals surface area contributed by atoms with Crippen LogP contribution in [0, 0.1) is 0 Å². The molecule has 1 aromatic carbocycles. The van der Waals surface area contributed by atoms with Crippen molar-refractivity contribution in [3.63, 3.8) is 0 Å². The number of carbonyl (C=O) groups excluding carboxylic acids is 1. The van der Waals surface area contributed by atoms with E-state index in [2.05, 4.69) is 20.2 Å². The smallest absolute Gasteiger partial charge is 0.329 e. The van der Waals surface area contributed by atoms with Crippen molar-refractivity contribution in [2.24, 2.45) is 0 Å². The number of carbonyl (C=O) groups is 1. The lowest BCUT2D eigenvalue weighted by atomic mass is 10.1. The Labute approximate surface area is 179 Å². The van der Waals surface area contributed by atoms with Crippen LogP contribution in [0.4, 0.5) is 22.1 Å². The maximum atomic E-state index is 13.2. The van der Waals surface area contributed by atoms with Gasteiger partial charge in [0.25, 0.3) is 0 Å². The molecule has 9 nitrogen and oxygen atoms in total. The number of amides is 2. The Morgan fingerprint density at radius 1 is 1.19 bits per heavy atom. The highest BCUT2D eigenvalue weighted by atomic mass is 32.2. The zero-order chi connectivity index (χ0) is 21.6. The van der Waals surface area contributed by atoms with Crippen molar-refractivity contribution < 1.29 is 13.2 Å². The number of nitrogens with one attached hydrogen (secondary N) is 1. The first-order valence-corrected chi connectivity index (χ1v) is 11.7. The summed E-state index contributed by atoms with van der Waals surface area (Å²) in [7, 11) is -3.34. The third kappa shape index (κ3) is 3.59. The highest BCUT2D eigenvalue weighted by Gasteiger charge is 2.40. The number of nitrogens with zero attached hydrogens (tertiary/aromatic N) is 5. The number of sulfone groups is 1. The Morgan fingerprint density at radius 3 is 2.84 bits per heavy atom. The molecule has 5 rings (SSSR count). The van der Waals surface area contributed by atoms with Crippen LogP contribution in [0.1, 0.15) is 6.42 Å². The number of urea groups is 1. The van der Waals surface area contributed by atoms with Gasteiger partial charge in [0.2, 0.25) is 0 Å². The molecular weight excluding hydrogens is 416 g/mol. The van der Waals surface area contributed by atoms with Gasteiger partial charge in [-0.1, -0.05) is 12.1 Å². The van der Waals surface area contributed by atoms with Gasteiger partial charge in [0, 0.05) is 37.3 Å². The molecule has 2 amide bonds. The Hall–Kier alpha value is -3.53. The number of pyridine rings is 1. The van der Waals surface area contributed by atoms with Crippen molar-refractivity contribution in [3.05, 3.63) is 55.0 Å². The first-order valence-electron chi connectivity index (χ1n) is 9.83. The molecule has 1 fully saturated rings. The fourth-order valence-corrected chi connectivity index (χ4v) is 4.72. The summed E-state index contributed by atoms with van der Waals surface area (Å²) in [6, 6.07) is 10.1. The predicted octanol–water partition coefficient (Wildman–Crippen LogP) is 2.57. The number of hydrogen-bond acceptors (Lipinski definition) is 7. The van der Waals surface area contributed by atoms with Crippen LogP contribution in [0.3, 0.4) is 0 Å². The van der Waals surface area contributed by atoms with Crippen LogP contribution < -0.4 is 15.1 Å². The molecule has 0 spiro atoms. The van der Waals surface area contributed by atoms with E-state index in [4.69, 9.17) is 4.98 Å². The molecule has 1 atom stereocenters. The quantitative estimate of drug-likeness (QED) is 0.672. The van der Waals surface area contributed by atoms with Crippen molar-refractivity contribution >= 4 is 33.2 Å². The van der Waals surface area contributed by atoms with Crippen molar-refractivity contribution in [2.45, 2.75) is 17.4 Å². The van der Waals surface area contributed by atoms with Gasteiger partial charge in [-0.2, -0.15) is 0 Å². The zero-order valence-corrected chi connectivity index (χ0v) is 17.6. The fourth-order valence-electron chi connectivity index (χ4n) is 4.05. The number of aromatic nitrogens is 3. The Balaban J connectivity index is 1.55. The molecular formula is C21H20N6O3S. The summed E-state index contributed by atoms with van der Waals surface area (Å²) in [6.07, 6.45) is 6.56. The predicted molar refractivity (Wildman–Crippen MR) is 117 cm³/mol. The normalized spacial score (nSPS) is 17.4. The number of benzene rings is 1. The molecule has 31 heavy (non-hydrogen) atoms. The van der Waals surface area contributed by atoms with E-state index in [-0.39, 0.29) is 17.0 Å². The second kappa shape index (κ2) is 7.31. The van der Waals surface area contributed by atoms with Gasteiger partial charge < -0.3 is 4.90 Å². The monoisotopic (exact) mass is 436 g/mol. The molecule has 1 N–H and O–H groups in total. The molecule has 0 unspecified atom stereocenters. The lowest BCUT2D eigenvalue weighted by Crippen LogP contribution is -2.48. The molecule has 2 bridgehead atoms. The summed E-state index contributed by atoms with van der Waals surface area (Å²) in [6.45, 7) is 1.59. The minimum Gasteiger partial charge on any atom is -0.366 e. The van der Waals surface area contributed by atoms with Crippen molar-refractivity contribution in [2.75, 3.05) is 34.5 Å². The van der Waals surface area contributed by atoms with Gasteiger partial charge in [0.05, 0.1) is 28.5 Å². The van der Waals surface area contributed by atoms with Gasteiger partial charge in [-0.05, 0) is 30.7 Å². The first kappa shape index (κ1) is 19.4. The standard InChI is InChI=1S/C21H20N6O3S/c1-31(29,30)16-4-2-3-14(11-16)17-5-6-18-20(24-17)27(15-7-10-26(18)13-15)21(28)25-19-12-22-8-9-23-19/h2-6,8-9,11-12,15H,7,10,13H2,1H3,(H,23,25,28)/t15-/m0/s1. The summed E-state index contributed by atoms with van der Waals surface area (Å²) < 4.78 is 23.9. The highest BCUT2D eigenvalue weighted by molar-refractivity contribution is 7.90. The Kier molecular flexibility index (Phi) is 4.58. The second-order valence-electron chi connectivity index (χ2n) is 7.62. The summed E-state index contributed by atoms with van der Waals surface area (Å²) >= 11 is 0. The van der Waals surface area contributed by atoms with Crippen LogP contribution in [-0.2, 0) is 9.84 Å². The van der Waals surface area contributed by atoms with E-state index in [0.717, 1.165) is 25.2 Å². The minimum absolute atomic E-state index is 0.00530. The lowest BCUT2D eigenvalue weighted by Gasteiger charge is -2.35. The van der Waals surface area contributed by atoms with E-state index >= 15 is 0 Å². The van der Waals surface area contributed by atoms with E-state index in [9.17, 15) is 13.2 Å². The maximum absolute atomic E-state index is 13.2. The van der Waals surface area contributed by atoms with Crippen LogP contribution in [0.25, 0.3) is 11.3 Å². The lowest BCUT2D eigenvalue weighted by molar-refractivity contribution is 0.254. The maximum Gasteiger partial charge on any atom is 0.329 e. The van der Waals surface area contributed by atoms with Crippen LogP contribution >= 0.6 is 0 Å². The molecule has 2 aromatic heterocycles. The van der Waals surface area contributed by atoms with E-state index in [0.29, 0.717) is 22.9 Å². The third-order valence-corrected chi connectivity index (χ3v) is 6.64. The molecule has 2 aliphatic rings. The van der Waals surface area contributed by atoms with Crippen molar-refractivity contribution in [1.29, 1.82) is 0 Å². The molecule has 0 aliphatic carbocycles. The van der Waals surface area contributed by atoms with Gasteiger partial charge in [-0.3, -0.25) is 15.2 Å². The van der Waals surface area contributed by atoms with Crippen molar-refractivity contribution in [1.82, 2.24) is 15.0 Å². The van der Waals surface area contributed by atoms with Gasteiger partial charge in [0.1, 0.15) is 0 Å². The molecule has 0 radical (unpaired) electrons. The highest BCUT2D eigenvalue weighted by Crippen LogP contribution is 2.40. The summed E-state index contributed by atoms with van der Waals surface area (Å²) in [4.78, 5) is 30.2. The average molecular weight is 436 g/mol. The van der Waals surface area contributed by atoms with E-state index in [1.807, 2.05) is 18.2 Å². The largest absolute Gasteiger partial charge is 0.366 e. The van der Waals surface area contributed by atoms with Gasteiger partial charge >= 0.3 is 6.03 Å². The molecule has 2 aliphatic heterocycles. The molecule has 4 heterocycles. The third-order valence-electron chi connectivity index (χ3n) is 5.53. The van der Waals surface area contributed by atoms with E-state index in [1.54, 1.807) is 29.3 Å². The van der Waals surface area contributed by atoms with Crippen LogP contribution in [0.5, 0.6) is 0 Å². The molecule has 1 saturated heterocycles.